The molecule has 8 N–H and O–H groups in total. The molecular formula is C4H16CuN2O6S. The summed E-state index contributed by atoms with van der Waals surface area (Å²) in [5, 5.41) is 15.5. The SMILES string of the molecule is NCCO.NCCO.O=S(=O)(O)O.[Cu]. The largest absolute Gasteiger partial charge is 0.395 e. The topological polar surface area (TPSA) is 167 Å². The molecule has 95 valence electrons. The smallest absolute Gasteiger partial charge is 0.394 e. The first-order valence-electron chi connectivity index (χ1n) is 3.15. The minimum absolute atomic E-state index is 0. The summed E-state index contributed by atoms with van der Waals surface area (Å²) >= 11 is 0. The second-order valence-electron chi connectivity index (χ2n) is 1.47. The second kappa shape index (κ2) is 18.9. The predicted octanol–water partition coefficient (Wildman–Crippen LogP) is -2.78. The molecule has 0 fully saturated rings. The minimum Gasteiger partial charge on any atom is -0.395 e. The van der Waals surface area contributed by atoms with Gasteiger partial charge in [-0.1, -0.05) is 0 Å². The van der Waals surface area contributed by atoms with Gasteiger partial charge in [0, 0.05) is 30.2 Å². The number of hydrogen-bond donors (Lipinski definition) is 6. The third-order valence-electron chi connectivity index (χ3n) is 0.258. The van der Waals surface area contributed by atoms with Gasteiger partial charge >= 0.3 is 10.4 Å². The molecule has 0 spiro atoms. The summed E-state index contributed by atoms with van der Waals surface area (Å²) in [7, 11) is -4.67. The first-order valence-corrected chi connectivity index (χ1v) is 4.54. The Balaban J connectivity index is -0.0000000522. The van der Waals surface area contributed by atoms with Crippen molar-refractivity contribution in [3.8, 4) is 0 Å². The molecule has 0 aromatic rings. The molecule has 0 rings (SSSR count). The molecule has 0 aliphatic heterocycles. The Hall–Kier alpha value is 0.229. The fourth-order valence-electron chi connectivity index (χ4n) is 0. The van der Waals surface area contributed by atoms with Gasteiger partial charge in [0.2, 0.25) is 0 Å². The van der Waals surface area contributed by atoms with Gasteiger partial charge in [-0.05, 0) is 0 Å². The zero-order chi connectivity index (χ0) is 11.3. The summed E-state index contributed by atoms with van der Waals surface area (Å²) in [6.45, 7) is 0.944. The van der Waals surface area contributed by atoms with E-state index in [1.54, 1.807) is 0 Å². The zero-order valence-electron chi connectivity index (χ0n) is 7.30. The van der Waals surface area contributed by atoms with Crippen molar-refractivity contribution < 1.29 is 44.8 Å². The summed E-state index contributed by atoms with van der Waals surface area (Å²) in [5.74, 6) is 0. The predicted molar refractivity (Wildman–Crippen MR) is 46.5 cm³/mol. The Bertz CT molecular complexity index is 147. The van der Waals surface area contributed by atoms with Crippen molar-refractivity contribution >= 4 is 10.4 Å². The third-order valence-corrected chi connectivity index (χ3v) is 0.258. The summed E-state index contributed by atoms with van der Waals surface area (Å²) in [6.07, 6.45) is 0. The molecule has 0 unspecified atom stereocenters. The van der Waals surface area contributed by atoms with Gasteiger partial charge in [0.05, 0.1) is 13.2 Å². The Kier molecular flexibility index (Phi) is 32.1. The maximum atomic E-state index is 8.74. The summed E-state index contributed by atoms with van der Waals surface area (Å²) < 4.78 is 31.6. The standard InChI is InChI=1S/2C2H7NO.Cu.H2O4S/c2*3-1-2-4;;1-5(2,3)4/h2*4H,1-3H2;;(H2,1,2,3,4). The van der Waals surface area contributed by atoms with Crippen LogP contribution < -0.4 is 11.5 Å². The van der Waals surface area contributed by atoms with Crippen LogP contribution in [-0.4, -0.2) is 54.0 Å². The molecule has 0 aromatic carbocycles. The maximum absolute atomic E-state index is 8.74. The van der Waals surface area contributed by atoms with Gasteiger partial charge in [-0.25, -0.2) is 0 Å². The Labute approximate surface area is 93.3 Å². The van der Waals surface area contributed by atoms with E-state index < -0.39 is 10.4 Å². The van der Waals surface area contributed by atoms with Gasteiger partial charge in [-0.3, -0.25) is 9.11 Å². The molecule has 8 nitrogen and oxygen atoms in total. The number of aliphatic hydroxyl groups is 2. The van der Waals surface area contributed by atoms with Crippen LogP contribution >= 0.6 is 0 Å². The van der Waals surface area contributed by atoms with Crippen molar-refractivity contribution in [2.24, 2.45) is 11.5 Å². The van der Waals surface area contributed by atoms with Gasteiger partial charge in [0.25, 0.3) is 0 Å². The minimum atomic E-state index is -4.67. The molecule has 1 radical (unpaired) electrons. The van der Waals surface area contributed by atoms with E-state index in [0.29, 0.717) is 13.1 Å². The Morgan fingerprint density at radius 2 is 1.00 bits per heavy atom. The van der Waals surface area contributed by atoms with Gasteiger partial charge in [-0.2, -0.15) is 8.42 Å². The molecule has 0 atom stereocenters. The van der Waals surface area contributed by atoms with Crippen LogP contribution in [0.4, 0.5) is 0 Å². The van der Waals surface area contributed by atoms with Crippen LogP contribution in [0.15, 0.2) is 0 Å². The van der Waals surface area contributed by atoms with E-state index in [4.69, 9.17) is 39.2 Å². The van der Waals surface area contributed by atoms with Crippen molar-refractivity contribution in [3.05, 3.63) is 0 Å². The average molecular weight is 284 g/mol. The van der Waals surface area contributed by atoms with Crippen LogP contribution in [-0.2, 0) is 27.5 Å². The van der Waals surface area contributed by atoms with E-state index in [1.807, 2.05) is 0 Å². The van der Waals surface area contributed by atoms with Crippen LogP contribution in [0.3, 0.4) is 0 Å². The van der Waals surface area contributed by atoms with E-state index in [0.717, 1.165) is 0 Å². The average Bonchev–Trinajstić information content (AvgIpc) is 2.01. The molecule has 0 aliphatic rings. The fourth-order valence-corrected chi connectivity index (χ4v) is 0. The fraction of sp³-hybridized carbons (Fsp3) is 1.00. The second-order valence-corrected chi connectivity index (χ2v) is 2.37. The molecule has 10 heteroatoms. The van der Waals surface area contributed by atoms with Crippen LogP contribution in [0.5, 0.6) is 0 Å². The van der Waals surface area contributed by atoms with E-state index in [1.165, 1.54) is 0 Å². The van der Waals surface area contributed by atoms with Crippen LogP contribution in [0.2, 0.25) is 0 Å². The molecule has 0 saturated heterocycles. The molecule has 0 aromatic heterocycles. The van der Waals surface area contributed by atoms with Gasteiger partial charge in [0.1, 0.15) is 0 Å². The number of aliphatic hydroxyl groups excluding tert-OH is 2. The van der Waals surface area contributed by atoms with Crippen molar-refractivity contribution in [1.82, 2.24) is 0 Å². The van der Waals surface area contributed by atoms with Gasteiger partial charge in [0.15, 0.2) is 0 Å². The Morgan fingerprint density at radius 3 is 1.00 bits per heavy atom. The molecule has 0 amide bonds. The number of nitrogens with two attached hydrogens (primary N) is 2. The number of hydrogen-bond acceptors (Lipinski definition) is 6. The monoisotopic (exact) mass is 283 g/mol. The van der Waals surface area contributed by atoms with E-state index >= 15 is 0 Å². The van der Waals surface area contributed by atoms with E-state index in [9.17, 15) is 0 Å². The van der Waals surface area contributed by atoms with Crippen molar-refractivity contribution in [1.29, 1.82) is 0 Å². The van der Waals surface area contributed by atoms with E-state index in [-0.39, 0.29) is 30.3 Å². The van der Waals surface area contributed by atoms with Crippen molar-refractivity contribution in [2.75, 3.05) is 26.3 Å². The van der Waals surface area contributed by atoms with Gasteiger partial charge < -0.3 is 21.7 Å². The molecule has 0 bridgehead atoms. The summed E-state index contributed by atoms with van der Waals surface area (Å²) in [4.78, 5) is 0. The van der Waals surface area contributed by atoms with Crippen molar-refractivity contribution in [3.63, 3.8) is 0 Å². The molecule has 0 heterocycles. The Morgan fingerprint density at radius 1 is 0.929 bits per heavy atom. The first kappa shape index (κ1) is 23.8. The maximum Gasteiger partial charge on any atom is 0.394 e. The van der Waals surface area contributed by atoms with Crippen LogP contribution in [0, 0.1) is 0 Å². The zero-order valence-corrected chi connectivity index (χ0v) is 9.06. The van der Waals surface area contributed by atoms with Gasteiger partial charge in [-0.15, -0.1) is 0 Å². The van der Waals surface area contributed by atoms with Crippen molar-refractivity contribution in [2.45, 2.75) is 0 Å². The van der Waals surface area contributed by atoms with Crippen LogP contribution in [0.25, 0.3) is 0 Å². The third kappa shape index (κ3) is 310. The normalized spacial score (nSPS) is 8.43. The summed E-state index contributed by atoms with van der Waals surface area (Å²) in [6, 6.07) is 0. The van der Waals surface area contributed by atoms with E-state index in [2.05, 4.69) is 0 Å². The molecule has 0 saturated carbocycles. The van der Waals surface area contributed by atoms with Crippen LogP contribution in [0.1, 0.15) is 0 Å². The molecule has 0 aliphatic carbocycles. The molecule has 14 heavy (non-hydrogen) atoms. The summed E-state index contributed by atoms with van der Waals surface area (Å²) in [5.41, 5.74) is 9.56. The number of rotatable bonds is 2. The first-order chi connectivity index (χ1) is 5.83. The molecular weight excluding hydrogens is 268 g/mol. The quantitative estimate of drug-likeness (QED) is 0.234.